The number of hydrogen-bond donors (Lipinski definition) is 4. The van der Waals surface area contributed by atoms with Crippen LogP contribution in [0.3, 0.4) is 0 Å². The number of carbonyl (C=O) groups excluding carboxylic acids is 3. The summed E-state index contributed by atoms with van der Waals surface area (Å²) in [6, 6.07) is 5.07. The van der Waals surface area contributed by atoms with Crippen LogP contribution < -0.4 is 10.6 Å². The molecule has 1 aromatic rings. The molecule has 10 nitrogen and oxygen atoms in total. The van der Waals surface area contributed by atoms with E-state index < -0.39 is 42.1 Å². The molecule has 0 fully saturated rings. The molecule has 0 saturated heterocycles. The highest BCUT2D eigenvalue weighted by molar-refractivity contribution is 5.90. The molecule has 0 saturated carbocycles. The van der Waals surface area contributed by atoms with E-state index in [0.717, 1.165) is 4.90 Å². The first-order valence-electron chi connectivity index (χ1n) is 8.88. The van der Waals surface area contributed by atoms with Gasteiger partial charge in [0, 0.05) is 13.5 Å². The summed E-state index contributed by atoms with van der Waals surface area (Å²) in [5, 5.41) is 22.7. The minimum absolute atomic E-state index is 0.0592. The molecule has 0 aromatic heterocycles. The van der Waals surface area contributed by atoms with Crippen LogP contribution in [0.2, 0.25) is 0 Å². The van der Waals surface area contributed by atoms with E-state index in [4.69, 9.17) is 9.84 Å². The SMILES string of the molecule is CN(CC(=O)NCC(=O)O)C(=O)[C@H](Cc1ccc(O)cc1)NC(=O)OC(C)(C)C. The predicted molar refractivity (Wildman–Crippen MR) is 103 cm³/mol. The third-order valence-electron chi connectivity index (χ3n) is 3.56. The van der Waals surface area contributed by atoms with Gasteiger partial charge in [0.2, 0.25) is 11.8 Å². The number of alkyl carbamates (subject to hydrolysis) is 1. The first-order chi connectivity index (χ1) is 13.4. The largest absolute Gasteiger partial charge is 0.508 e. The third kappa shape index (κ3) is 9.45. The Hall–Kier alpha value is -3.30. The minimum atomic E-state index is -1.20. The Kier molecular flexibility index (Phi) is 8.43. The minimum Gasteiger partial charge on any atom is -0.508 e. The van der Waals surface area contributed by atoms with Gasteiger partial charge in [-0.1, -0.05) is 12.1 Å². The summed E-state index contributed by atoms with van der Waals surface area (Å²) in [5.74, 6) is -2.36. The van der Waals surface area contributed by atoms with Crippen LogP contribution in [0.1, 0.15) is 26.3 Å². The molecule has 0 bridgehead atoms. The number of phenolic OH excluding ortho intramolecular Hbond substituents is 1. The van der Waals surface area contributed by atoms with Gasteiger partial charge >= 0.3 is 12.1 Å². The number of aliphatic carboxylic acids is 1. The molecule has 29 heavy (non-hydrogen) atoms. The van der Waals surface area contributed by atoms with Crippen LogP contribution in [0, 0.1) is 0 Å². The molecule has 1 atom stereocenters. The van der Waals surface area contributed by atoms with Crippen molar-refractivity contribution in [3.8, 4) is 5.75 Å². The number of ether oxygens (including phenoxy) is 1. The number of likely N-dealkylation sites (N-methyl/N-ethyl adjacent to an activating group) is 1. The number of rotatable bonds is 8. The number of nitrogens with one attached hydrogen (secondary N) is 2. The average Bonchev–Trinajstić information content (AvgIpc) is 2.59. The fraction of sp³-hybridized carbons (Fsp3) is 0.474. The Bertz CT molecular complexity index is 741. The highest BCUT2D eigenvalue weighted by atomic mass is 16.6. The van der Waals surface area contributed by atoms with Crippen molar-refractivity contribution >= 4 is 23.9 Å². The Morgan fingerprint density at radius 1 is 1.14 bits per heavy atom. The summed E-state index contributed by atoms with van der Waals surface area (Å²) >= 11 is 0. The molecule has 0 heterocycles. The van der Waals surface area contributed by atoms with E-state index in [1.54, 1.807) is 32.9 Å². The van der Waals surface area contributed by atoms with Gasteiger partial charge in [0.1, 0.15) is 23.9 Å². The first kappa shape index (κ1) is 23.7. The Morgan fingerprint density at radius 3 is 2.24 bits per heavy atom. The van der Waals surface area contributed by atoms with Crippen molar-refractivity contribution in [2.75, 3.05) is 20.1 Å². The Labute approximate surface area is 168 Å². The number of carboxylic acid groups (broad SMARTS) is 1. The van der Waals surface area contributed by atoms with Crippen LogP contribution >= 0.6 is 0 Å². The number of phenols is 1. The third-order valence-corrected chi connectivity index (χ3v) is 3.56. The van der Waals surface area contributed by atoms with Crippen molar-refractivity contribution < 1.29 is 34.1 Å². The molecule has 4 N–H and O–H groups in total. The molecule has 0 aliphatic heterocycles. The van der Waals surface area contributed by atoms with Gasteiger partial charge in [0.25, 0.3) is 0 Å². The zero-order valence-corrected chi connectivity index (χ0v) is 16.9. The number of benzene rings is 1. The fourth-order valence-electron chi connectivity index (χ4n) is 2.31. The van der Waals surface area contributed by atoms with Crippen LogP contribution in [0.4, 0.5) is 4.79 Å². The lowest BCUT2D eigenvalue weighted by Gasteiger charge is -2.26. The molecular weight excluding hydrogens is 382 g/mol. The maximum Gasteiger partial charge on any atom is 0.408 e. The maximum atomic E-state index is 12.8. The van der Waals surface area contributed by atoms with Crippen LogP contribution in [0.15, 0.2) is 24.3 Å². The van der Waals surface area contributed by atoms with Gasteiger partial charge in [-0.05, 0) is 38.5 Å². The second-order valence-corrected chi connectivity index (χ2v) is 7.43. The molecule has 0 radical (unpaired) electrons. The topological polar surface area (TPSA) is 145 Å². The van der Waals surface area contributed by atoms with Crippen molar-refractivity contribution in [1.29, 1.82) is 0 Å². The molecule has 1 rings (SSSR count). The number of hydrogen-bond acceptors (Lipinski definition) is 6. The average molecular weight is 409 g/mol. The van der Waals surface area contributed by atoms with Crippen LogP contribution in [0.5, 0.6) is 5.75 Å². The number of aromatic hydroxyl groups is 1. The molecule has 0 spiro atoms. The van der Waals surface area contributed by atoms with E-state index in [2.05, 4.69) is 10.6 Å². The van der Waals surface area contributed by atoms with Crippen molar-refractivity contribution in [2.45, 2.75) is 38.8 Å². The van der Waals surface area contributed by atoms with Gasteiger partial charge < -0.3 is 30.5 Å². The van der Waals surface area contributed by atoms with E-state index in [1.807, 2.05) is 0 Å². The molecule has 10 heteroatoms. The van der Waals surface area contributed by atoms with Gasteiger partial charge in [-0.15, -0.1) is 0 Å². The zero-order chi connectivity index (χ0) is 22.2. The highest BCUT2D eigenvalue weighted by Crippen LogP contribution is 2.13. The second-order valence-electron chi connectivity index (χ2n) is 7.43. The summed E-state index contributed by atoms with van der Waals surface area (Å²) in [7, 11) is 1.36. The molecular formula is C19H27N3O7. The summed E-state index contributed by atoms with van der Waals surface area (Å²) in [6.07, 6.45) is -0.697. The normalized spacial score (nSPS) is 11.9. The lowest BCUT2D eigenvalue weighted by atomic mass is 10.0. The van der Waals surface area contributed by atoms with Crippen LogP contribution in [-0.2, 0) is 25.5 Å². The smallest absolute Gasteiger partial charge is 0.408 e. The molecule has 160 valence electrons. The van der Waals surface area contributed by atoms with E-state index in [9.17, 15) is 24.3 Å². The van der Waals surface area contributed by atoms with E-state index in [0.29, 0.717) is 5.56 Å². The lowest BCUT2D eigenvalue weighted by molar-refractivity contribution is -0.139. The van der Waals surface area contributed by atoms with Crippen molar-refractivity contribution in [2.24, 2.45) is 0 Å². The first-order valence-corrected chi connectivity index (χ1v) is 8.88. The molecule has 1 aromatic carbocycles. The quantitative estimate of drug-likeness (QED) is 0.489. The maximum absolute atomic E-state index is 12.8. The van der Waals surface area contributed by atoms with E-state index in [1.165, 1.54) is 19.2 Å². The summed E-state index contributed by atoms with van der Waals surface area (Å²) in [6.45, 7) is 4.11. The van der Waals surface area contributed by atoms with Gasteiger partial charge in [0.05, 0.1) is 6.54 Å². The number of amides is 3. The molecule has 0 unspecified atom stereocenters. The van der Waals surface area contributed by atoms with Crippen molar-refractivity contribution in [3.63, 3.8) is 0 Å². The highest BCUT2D eigenvalue weighted by Gasteiger charge is 2.28. The van der Waals surface area contributed by atoms with E-state index >= 15 is 0 Å². The molecule has 0 aliphatic rings. The zero-order valence-electron chi connectivity index (χ0n) is 16.9. The fourth-order valence-corrected chi connectivity index (χ4v) is 2.31. The monoisotopic (exact) mass is 409 g/mol. The van der Waals surface area contributed by atoms with Crippen LogP contribution in [0.25, 0.3) is 0 Å². The number of carbonyl (C=O) groups is 4. The predicted octanol–water partition coefficient (Wildman–Crippen LogP) is 0.487. The molecule has 0 aliphatic carbocycles. The van der Waals surface area contributed by atoms with E-state index in [-0.39, 0.29) is 18.7 Å². The second kappa shape index (κ2) is 10.3. The summed E-state index contributed by atoms with van der Waals surface area (Å²) in [4.78, 5) is 48.3. The van der Waals surface area contributed by atoms with Crippen molar-refractivity contribution in [3.05, 3.63) is 29.8 Å². The van der Waals surface area contributed by atoms with Gasteiger partial charge in [-0.2, -0.15) is 0 Å². The Balaban J connectivity index is 2.88. The van der Waals surface area contributed by atoms with Gasteiger partial charge in [0.15, 0.2) is 0 Å². The number of nitrogens with zero attached hydrogens (tertiary/aromatic N) is 1. The summed E-state index contributed by atoms with van der Waals surface area (Å²) in [5.41, 5.74) is -0.0975. The Morgan fingerprint density at radius 2 is 1.72 bits per heavy atom. The lowest BCUT2D eigenvalue weighted by Crippen LogP contribution is -2.51. The number of carboxylic acids is 1. The van der Waals surface area contributed by atoms with Crippen molar-refractivity contribution in [1.82, 2.24) is 15.5 Å². The van der Waals surface area contributed by atoms with Crippen LogP contribution in [-0.4, -0.2) is 70.8 Å². The van der Waals surface area contributed by atoms with Gasteiger partial charge in [-0.25, -0.2) is 4.79 Å². The summed E-state index contributed by atoms with van der Waals surface area (Å²) < 4.78 is 5.20. The van der Waals surface area contributed by atoms with Gasteiger partial charge in [-0.3, -0.25) is 14.4 Å². The molecule has 3 amide bonds. The standard InChI is InChI=1S/C19H27N3O7/c1-19(2,3)29-18(28)21-14(9-12-5-7-13(23)8-6-12)17(27)22(4)11-15(24)20-10-16(25)26/h5-8,14,23H,9-11H2,1-4H3,(H,20,24)(H,21,28)(H,25,26)/t14-/m0/s1.